The zero-order valence-corrected chi connectivity index (χ0v) is 10.1. The number of aromatic amines is 1. The third-order valence-electron chi connectivity index (χ3n) is 2.64. The van der Waals surface area contributed by atoms with E-state index in [1.807, 2.05) is 0 Å². The van der Waals surface area contributed by atoms with Gasteiger partial charge in [-0.05, 0) is 24.3 Å². The number of alkyl halides is 1. The fraction of sp³-hybridized carbons (Fsp3) is 0.250. The molecule has 3 N–H and O–H groups in total. The van der Waals surface area contributed by atoms with E-state index in [0.29, 0.717) is 16.8 Å². The average Bonchev–Trinajstić information content (AvgIpc) is 2.87. The van der Waals surface area contributed by atoms with Crippen molar-refractivity contribution in [3.05, 3.63) is 41.8 Å². The van der Waals surface area contributed by atoms with Crippen LogP contribution in [0.1, 0.15) is 11.7 Å². The minimum absolute atomic E-state index is 0.0881. The van der Waals surface area contributed by atoms with E-state index in [-0.39, 0.29) is 11.7 Å². The number of nitrogens with one attached hydrogen (secondary N) is 1. The first-order chi connectivity index (χ1) is 8.63. The summed E-state index contributed by atoms with van der Waals surface area (Å²) in [5.41, 5.74) is 1.63. The highest BCUT2D eigenvalue weighted by atomic mass is 35.5. The Kier molecular flexibility index (Phi) is 3.96. The number of halogens is 2. The minimum atomic E-state index is -1.14. The zero-order chi connectivity index (χ0) is 13.1. The van der Waals surface area contributed by atoms with Crippen LogP contribution in [0, 0.1) is 5.82 Å². The van der Waals surface area contributed by atoms with Crippen LogP contribution in [0.3, 0.4) is 0 Å². The van der Waals surface area contributed by atoms with Crippen LogP contribution in [0.25, 0.3) is 11.3 Å². The molecule has 1 aromatic carbocycles. The highest BCUT2D eigenvalue weighted by Crippen LogP contribution is 2.28. The van der Waals surface area contributed by atoms with E-state index in [0.717, 1.165) is 0 Å². The maximum atomic E-state index is 12.8. The number of aliphatic hydroxyl groups is 2. The Morgan fingerprint density at radius 3 is 2.56 bits per heavy atom. The van der Waals surface area contributed by atoms with Crippen molar-refractivity contribution in [1.29, 1.82) is 0 Å². The molecule has 1 aromatic heterocycles. The molecule has 0 aliphatic carbocycles. The van der Waals surface area contributed by atoms with Gasteiger partial charge in [-0.1, -0.05) is 0 Å². The Balaban J connectivity index is 2.35. The third-order valence-corrected chi connectivity index (χ3v) is 2.96. The van der Waals surface area contributed by atoms with Crippen molar-refractivity contribution in [1.82, 2.24) is 10.2 Å². The van der Waals surface area contributed by atoms with Gasteiger partial charge in [0, 0.05) is 11.1 Å². The molecule has 0 fully saturated rings. The van der Waals surface area contributed by atoms with Gasteiger partial charge in [0.1, 0.15) is 11.9 Å². The van der Waals surface area contributed by atoms with Crippen LogP contribution < -0.4 is 0 Å². The van der Waals surface area contributed by atoms with E-state index < -0.39 is 12.2 Å². The molecule has 0 radical (unpaired) electrons. The van der Waals surface area contributed by atoms with Crippen molar-refractivity contribution in [3.8, 4) is 11.3 Å². The number of H-pyrrole nitrogens is 1. The lowest BCUT2D eigenvalue weighted by Gasteiger charge is -2.15. The number of benzene rings is 1. The maximum absolute atomic E-state index is 12.8. The lowest BCUT2D eigenvalue weighted by molar-refractivity contribution is 0.0331. The van der Waals surface area contributed by atoms with E-state index >= 15 is 0 Å². The molecule has 0 spiro atoms. The van der Waals surface area contributed by atoms with Crippen LogP contribution in [0.15, 0.2) is 30.5 Å². The smallest absolute Gasteiger partial charge is 0.123 e. The molecule has 0 aliphatic rings. The predicted molar refractivity (Wildman–Crippen MR) is 65.7 cm³/mol. The molecule has 0 saturated heterocycles. The molecule has 2 atom stereocenters. The number of rotatable bonds is 4. The van der Waals surface area contributed by atoms with E-state index in [2.05, 4.69) is 10.2 Å². The van der Waals surface area contributed by atoms with Crippen LogP contribution in [-0.4, -0.2) is 32.4 Å². The van der Waals surface area contributed by atoms with Gasteiger partial charge in [-0.15, -0.1) is 11.6 Å². The summed E-state index contributed by atoms with van der Waals surface area (Å²) in [5, 5.41) is 26.0. The molecule has 2 rings (SSSR count). The molecule has 96 valence electrons. The molecule has 6 heteroatoms. The van der Waals surface area contributed by atoms with Crippen LogP contribution in [0.5, 0.6) is 0 Å². The summed E-state index contributed by atoms with van der Waals surface area (Å²) in [5.74, 6) is -0.434. The first kappa shape index (κ1) is 13.0. The maximum Gasteiger partial charge on any atom is 0.123 e. The topological polar surface area (TPSA) is 69.1 Å². The van der Waals surface area contributed by atoms with Crippen molar-refractivity contribution in [2.45, 2.75) is 12.2 Å². The van der Waals surface area contributed by atoms with E-state index in [9.17, 15) is 14.6 Å². The number of hydrogen-bond donors (Lipinski definition) is 3. The minimum Gasteiger partial charge on any atom is -0.389 e. The summed E-state index contributed by atoms with van der Waals surface area (Å²) < 4.78 is 12.8. The van der Waals surface area contributed by atoms with Gasteiger partial charge in [-0.3, -0.25) is 5.10 Å². The fourth-order valence-electron chi connectivity index (χ4n) is 1.66. The highest BCUT2D eigenvalue weighted by Gasteiger charge is 2.22. The zero-order valence-electron chi connectivity index (χ0n) is 9.35. The van der Waals surface area contributed by atoms with E-state index in [4.69, 9.17) is 11.6 Å². The van der Waals surface area contributed by atoms with Gasteiger partial charge < -0.3 is 10.2 Å². The Hall–Kier alpha value is -1.43. The lowest BCUT2D eigenvalue weighted by atomic mass is 10.0. The number of hydrogen-bond acceptors (Lipinski definition) is 3. The van der Waals surface area contributed by atoms with Crippen LogP contribution in [0.2, 0.25) is 0 Å². The molecular weight excluding hydrogens is 259 g/mol. The molecule has 0 amide bonds. The Morgan fingerprint density at radius 1 is 1.28 bits per heavy atom. The second-order valence-corrected chi connectivity index (χ2v) is 4.18. The monoisotopic (exact) mass is 270 g/mol. The van der Waals surface area contributed by atoms with Crippen molar-refractivity contribution in [2.75, 3.05) is 5.88 Å². The van der Waals surface area contributed by atoms with Crippen molar-refractivity contribution in [3.63, 3.8) is 0 Å². The standard InChI is InChI=1S/C12H12ClFN2O2/c13-5-10(17)12(18)9-6-15-16-11(9)7-1-3-8(14)4-2-7/h1-4,6,10,12,17-18H,5H2,(H,15,16). The summed E-state index contributed by atoms with van der Waals surface area (Å²) in [6.45, 7) is 0. The first-order valence-corrected chi connectivity index (χ1v) is 5.88. The average molecular weight is 271 g/mol. The van der Waals surface area contributed by atoms with Gasteiger partial charge in [-0.25, -0.2) is 4.39 Å². The molecule has 2 aromatic rings. The second-order valence-electron chi connectivity index (χ2n) is 3.87. The quantitative estimate of drug-likeness (QED) is 0.743. The van der Waals surface area contributed by atoms with Gasteiger partial charge in [0.2, 0.25) is 0 Å². The summed E-state index contributed by atoms with van der Waals surface area (Å²) in [6.07, 6.45) is -0.802. The van der Waals surface area contributed by atoms with E-state index in [1.165, 1.54) is 18.3 Å². The lowest BCUT2D eigenvalue weighted by Crippen LogP contribution is -2.19. The predicted octanol–water partition coefficient (Wildman–Crippen LogP) is 1.85. The van der Waals surface area contributed by atoms with Gasteiger partial charge in [-0.2, -0.15) is 5.10 Å². The number of aliphatic hydroxyl groups excluding tert-OH is 2. The molecule has 2 unspecified atom stereocenters. The fourth-order valence-corrected chi connectivity index (χ4v) is 1.83. The van der Waals surface area contributed by atoms with Gasteiger partial charge in [0.05, 0.1) is 23.9 Å². The molecule has 0 bridgehead atoms. The Labute approximate surface area is 108 Å². The molecule has 4 nitrogen and oxygen atoms in total. The SMILES string of the molecule is OC(CCl)C(O)c1cn[nH]c1-c1ccc(F)cc1. The second kappa shape index (κ2) is 5.48. The summed E-state index contributed by atoms with van der Waals surface area (Å²) >= 11 is 5.49. The largest absolute Gasteiger partial charge is 0.389 e. The van der Waals surface area contributed by atoms with Crippen LogP contribution in [-0.2, 0) is 0 Å². The molecule has 0 saturated carbocycles. The van der Waals surface area contributed by atoms with Gasteiger partial charge in [0.25, 0.3) is 0 Å². The van der Waals surface area contributed by atoms with Crippen molar-refractivity contribution in [2.24, 2.45) is 0 Å². The summed E-state index contributed by atoms with van der Waals surface area (Å²) in [6, 6.07) is 5.74. The highest BCUT2D eigenvalue weighted by molar-refractivity contribution is 6.18. The van der Waals surface area contributed by atoms with Gasteiger partial charge in [0.15, 0.2) is 0 Å². The first-order valence-electron chi connectivity index (χ1n) is 5.34. The van der Waals surface area contributed by atoms with Crippen LogP contribution in [0.4, 0.5) is 4.39 Å². The normalized spacial score (nSPS) is 14.4. The molecule has 0 aliphatic heterocycles. The molecular formula is C12H12ClFN2O2. The van der Waals surface area contributed by atoms with Crippen molar-refractivity contribution < 1.29 is 14.6 Å². The summed E-state index contributed by atoms with van der Waals surface area (Å²) in [7, 11) is 0. The number of nitrogens with zero attached hydrogens (tertiary/aromatic N) is 1. The van der Waals surface area contributed by atoms with Crippen LogP contribution >= 0.6 is 11.6 Å². The van der Waals surface area contributed by atoms with Crippen molar-refractivity contribution >= 4 is 11.6 Å². The van der Waals surface area contributed by atoms with Gasteiger partial charge >= 0.3 is 0 Å². The summed E-state index contributed by atoms with van der Waals surface area (Å²) in [4.78, 5) is 0. The number of aromatic nitrogens is 2. The van der Waals surface area contributed by atoms with E-state index in [1.54, 1.807) is 12.1 Å². The molecule has 18 heavy (non-hydrogen) atoms. The third kappa shape index (κ3) is 2.53. The molecule has 1 heterocycles. The Morgan fingerprint density at radius 2 is 1.94 bits per heavy atom. The Bertz CT molecular complexity index is 515.